The lowest BCUT2D eigenvalue weighted by Gasteiger charge is -2.20. The lowest BCUT2D eigenvalue weighted by atomic mass is 10.1. The molecule has 0 spiro atoms. The van der Waals surface area contributed by atoms with Gasteiger partial charge >= 0.3 is 0 Å². The van der Waals surface area contributed by atoms with Crippen molar-refractivity contribution in [2.24, 2.45) is 0 Å². The highest BCUT2D eigenvalue weighted by molar-refractivity contribution is 5.68. The van der Waals surface area contributed by atoms with Gasteiger partial charge in [-0.3, -0.25) is 4.90 Å². The van der Waals surface area contributed by atoms with Crippen molar-refractivity contribution in [3.8, 4) is 11.3 Å². The van der Waals surface area contributed by atoms with E-state index in [1.807, 2.05) is 12.1 Å². The van der Waals surface area contributed by atoms with Crippen molar-refractivity contribution < 1.29 is 0 Å². The molecule has 0 bridgehead atoms. The van der Waals surface area contributed by atoms with Gasteiger partial charge in [0, 0.05) is 24.0 Å². The smallest absolute Gasteiger partial charge is 0.137 e. The molecule has 4 heteroatoms. The van der Waals surface area contributed by atoms with Gasteiger partial charge in [0.05, 0.1) is 11.4 Å². The van der Waals surface area contributed by atoms with Crippen LogP contribution in [0.3, 0.4) is 0 Å². The predicted molar refractivity (Wildman–Crippen MR) is 104 cm³/mol. The minimum absolute atomic E-state index is 0.789. The molecule has 0 saturated carbocycles. The summed E-state index contributed by atoms with van der Waals surface area (Å²) in [5.41, 5.74) is 12.4. The molecule has 1 fully saturated rings. The fourth-order valence-electron chi connectivity index (χ4n) is 3.73. The van der Waals surface area contributed by atoms with E-state index in [0.29, 0.717) is 0 Å². The number of hydrogen-bond acceptors (Lipinski definition) is 3. The molecule has 25 heavy (non-hydrogen) atoms. The van der Waals surface area contributed by atoms with Gasteiger partial charge in [-0.05, 0) is 56.6 Å². The number of likely N-dealkylation sites (tertiary alicyclic amines) is 1. The maximum Gasteiger partial charge on any atom is 0.137 e. The molecule has 2 N–H and O–H groups in total. The van der Waals surface area contributed by atoms with E-state index >= 15 is 0 Å². The van der Waals surface area contributed by atoms with E-state index in [1.165, 1.54) is 50.0 Å². The highest BCUT2D eigenvalue weighted by Crippen LogP contribution is 2.27. The zero-order chi connectivity index (χ0) is 17.2. The largest absolute Gasteiger partial charge is 0.399 e. The number of imidazole rings is 1. The minimum Gasteiger partial charge on any atom is -0.399 e. The fraction of sp³-hybridized carbons (Fsp3) is 0.381. The van der Waals surface area contributed by atoms with E-state index in [2.05, 4.69) is 46.7 Å². The Morgan fingerprint density at radius 2 is 1.68 bits per heavy atom. The first kappa shape index (κ1) is 16.2. The SMILES string of the molecule is Cc1ccc2nc(-c3ccc(N)cc3)c(CN3CCCCCC3)n2c1. The molecule has 1 aliphatic heterocycles. The second kappa shape index (κ2) is 6.89. The Hall–Kier alpha value is -2.33. The van der Waals surface area contributed by atoms with Crippen molar-refractivity contribution in [3.63, 3.8) is 0 Å². The van der Waals surface area contributed by atoms with Crippen LogP contribution in [0.1, 0.15) is 36.9 Å². The predicted octanol–water partition coefficient (Wildman–Crippen LogP) is 4.27. The molecule has 4 rings (SSSR count). The number of fused-ring (bicyclic) bond motifs is 1. The normalized spacial score (nSPS) is 16.2. The molecule has 4 nitrogen and oxygen atoms in total. The zero-order valence-corrected chi connectivity index (χ0v) is 14.9. The van der Waals surface area contributed by atoms with Crippen molar-refractivity contribution >= 4 is 11.3 Å². The van der Waals surface area contributed by atoms with E-state index in [4.69, 9.17) is 10.7 Å². The quantitative estimate of drug-likeness (QED) is 0.728. The first-order chi connectivity index (χ1) is 12.2. The molecule has 1 aromatic carbocycles. The number of anilines is 1. The molecule has 0 amide bonds. The summed E-state index contributed by atoms with van der Waals surface area (Å²) in [5.74, 6) is 0. The van der Waals surface area contributed by atoms with Crippen LogP contribution in [0, 0.1) is 6.92 Å². The number of nitrogens with two attached hydrogens (primary N) is 1. The van der Waals surface area contributed by atoms with E-state index in [9.17, 15) is 0 Å². The Labute approximate surface area is 149 Å². The lowest BCUT2D eigenvalue weighted by molar-refractivity contribution is 0.273. The molecule has 0 aliphatic carbocycles. The Bertz CT molecular complexity index is 855. The number of nitrogens with zero attached hydrogens (tertiary/aromatic N) is 3. The molecule has 3 heterocycles. The Balaban J connectivity index is 1.79. The lowest BCUT2D eigenvalue weighted by Crippen LogP contribution is -2.25. The third-order valence-electron chi connectivity index (χ3n) is 5.12. The van der Waals surface area contributed by atoms with Gasteiger partial charge in [-0.25, -0.2) is 4.98 Å². The number of nitrogen functional groups attached to an aromatic ring is 1. The van der Waals surface area contributed by atoms with Crippen molar-refractivity contribution in [2.45, 2.75) is 39.2 Å². The molecule has 1 saturated heterocycles. The number of aromatic nitrogens is 2. The van der Waals surface area contributed by atoms with Crippen molar-refractivity contribution in [1.82, 2.24) is 14.3 Å². The number of pyridine rings is 1. The Morgan fingerprint density at radius 1 is 0.960 bits per heavy atom. The van der Waals surface area contributed by atoms with Crippen LogP contribution >= 0.6 is 0 Å². The van der Waals surface area contributed by atoms with Gasteiger partial charge < -0.3 is 10.1 Å². The molecule has 3 aromatic rings. The zero-order valence-electron chi connectivity index (χ0n) is 14.9. The molecular formula is C21H26N4. The standard InChI is InChI=1S/C21H26N4/c1-16-6-11-20-23-21(17-7-9-18(22)10-8-17)19(25(20)14-16)15-24-12-4-2-3-5-13-24/h6-11,14H,2-5,12-13,15,22H2,1H3. The van der Waals surface area contributed by atoms with Crippen LogP contribution in [0.4, 0.5) is 5.69 Å². The van der Waals surface area contributed by atoms with Gasteiger partial charge in [-0.2, -0.15) is 0 Å². The van der Waals surface area contributed by atoms with Crippen LogP contribution in [-0.4, -0.2) is 27.4 Å². The van der Waals surface area contributed by atoms with Crippen LogP contribution in [0.2, 0.25) is 0 Å². The van der Waals surface area contributed by atoms with E-state index in [-0.39, 0.29) is 0 Å². The van der Waals surface area contributed by atoms with Crippen molar-refractivity contribution in [1.29, 1.82) is 0 Å². The van der Waals surface area contributed by atoms with Gasteiger partial charge in [-0.15, -0.1) is 0 Å². The molecule has 0 radical (unpaired) electrons. The number of hydrogen-bond donors (Lipinski definition) is 1. The van der Waals surface area contributed by atoms with Crippen LogP contribution < -0.4 is 5.73 Å². The maximum atomic E-state index is 5.87. The van der Waals surface area contributed by atoms with Crippen LogP contribution in [0.15, 0.2) is 42.6 Å². The van der Waals surface area contributed by atoms with Crippen LogP contribution in [0.5, 0.6) is 0 Å². The van der Waals surface area contributed by atoms with Gasteiger partial charge in [0.15, 0.2) is 0 Å². The molecule has 2 aromatic heterocycles. The van der Waals surface area contributed by atoms with E-state index in [0.717, 1.165) is 29.1 Å². The second-order valence-corrected chi connectivity index (χ2v) is 7.15. The average molecular weight is 334 g/mol. The van der Waals surface area contributed by atoms with Crippen LogP contribution in [-0.2, 0) is 6.54 Å². The number of benzene rings is 1. The van der Waals surface area contributed by atoms with Gasteiger partial charge in [0.25, 0.3) is 0 Å². The third kappa shape index (κ3) is 3.40. The van der Waals surface area contributed by atoms with E-state index < -0.39 is 0 Å². The summed E-state index contributed by atoms with van der Waals surface area (Å²) in [4.78, 5) is 7.52. The fourth-order valence-corrected chi connectivity index (χ4v) is 3.73. The summed E-state index contributed by atoms with van der Waals surface area (Å²) in [6, 6.07) is 12.3. The summed E-state index contributed by atoms with van der Waals surface area (Å²) in [7, 11) is 0. The summed E-state index contributed by atoms with van der Waals surface area (Å²) >= 11 is 0. The Morgan fingerprint density at radius 3 is 2.40 bits per heavy atom. The highest BCUT2D eigenvalue weighted by Gasteiger charge is 2.18. The Kier molecular flexibility index (Phi) is 4.45. The van der Waals surface area contributed by atoms with Gasteiger partial charge in [0.1, 0.15) is 5.65 Å². The van der Waals surface area contributed by atoms with Gasteiger partial charge in [0.2, 0.25) is 0 Å². The number of aryl methyl sites for hydroxylation is 1. The summed E-state index contributed by atoms with van der Waals surface area (Å²) < 4.78 is 2.27. The maximum absolute atomic E-state index is 5.87. The molecule has 0 atom stereocenters. The molecule has 1 aliphatic rings. The van der Waals surface area contributed by atoms with E-state index in [1.54, 1.807) is 0 Å². The van der Waals surface area contributed by atoms with Crippen molar-refractivity contribution in [2.75, 3.05) is 18.8 Å². The first-order valence-corrected chi connectivity index (χ1v) is 9.26. The molecular weight excluding hydrogens is 308 g/mol. The summed E-state index contributed by atoms with van der Waals surface area (Å²) in [6.07, 6.45) is 7.51. The van der Waals surface area contributed by atoms with Gasteiger partial charge in [-0.1, -0.05) is 31.0 Å². The molecule has 130 valence electrons. The summed E-state index contributed by atoms with van der Waals surface area (Å²) in [6.45, 7) is 5.45. The topological polar surface area (TPSA) is 46.6 Å². The second-order valence-electron chi connectivity index (χ2n) is 7.15. The first-order valence-electron chi connectivity index (χ1n) is 9.26. The van der Waals surface area contributed by atoms with Crippen molar-refractivity contribution in [3.05, 3.63) is 53.9 Å². The minimum atomic E-state index is 0.789. The molecule has 0 unspecified atom stereocenters. The highest BCUT2D eigenvalue weighted by atomic mass is 15.2. The summed E-state index contributed by atoms with van der Waals surface area (Å²) in [5, 5.41) is 0. The average Bonchev–Trinajstić information content (AvgIpc) is 2.79. The monoisotopic (exact) mass is 334 g/mol. The van der Waals surface area contributed by atoms with Crippen LogP contribution in [0.25, 0.3) is 16.9 Å². The third-order valence-corrected chi connectivity index (χ3v) is 5.12. The number of rotatable bonds is 3.